The lowest BCUT2D eigenvalue weighted by Crippen LogP contribution is -1.92. The Labute approximate surface area is 152 Å². The van der Waals surface area contributed by atoms with Crippen molar-refractivity contribution in [3.05, 3.63) is 84.0 Å². The summed E-state index contributed by atoms with van der Waals surface area (Å²) >= 11 is 0. The van der Waals surface area contributed by atoms with Crippen LogP contribution in [0.1, 0.15) is 5.56 Å². The topological polar surface area (TPSA) is 31.4 Å². The molecule has 4 nitrogen and oxygen atoms in total. The van der Waals surface area contributed by atoms with Crippen molar-refractivity contribution in [2.45, 2.75) is 6.92 Å². The molecule has 4 heteroatoms. The van der Waals surface area contributed by atoms with Crippen LogP contribution >= 0.6 is 0 Å². The van der Waals surface area contributed by atoms with Crippen LogP contribution in [-0.4, -0.2) is 16.7 Å². The molecular formula is C22H17N3O. The minimum absolute atomic E-state index is 0.624. The van der Waals surface area contributed by atoms with Crippen molar-refractivity contribution in [3.8, 4) is 22.7 Å². The normalized spacial score (nSPS) is 10.7. The largest absolute Gasteiger partial charge is 0.497 e. The molecule has 126 valence electrons. The van der Waals surface area contributed by atoms with Crippen molar-refractivity contribution in [2.24, 2.45) is 0 Å². The predicted octanol–water partition coefficient (Wildman–Crippen LogP) is 5.56. The fourth-order valence-corrected chi connectivity index (χ4v) is 3.13. The smallest absolute Gasteiger partial charge is 0.188 e. The Balaban J connectivity index is 1.98. The van der Waals surface area contributed by atoms with Gasteiger partial charge < -0.3 is 9.30 Å². The van der Waals surface area contributed by atoms with Gasteiger partial charge in [-0.05, 0) is 66.4 Å². The highest BCUT2D eigenvalue weighted by atomic mass is 16.5. The lowest BCUT2D eigenvalue weighted by molar-refractivity contribution is 0.415. The summed E-state index contributed by atoms with van der Waals surface area (Å²) in [6.07, 6.45) is 3.90. The number of nitrogens with zero attached hydrogens (tertiary/aromatic N) is 3. The Hall–Kier alpha value is -3.58. The Morgan fingerprint density at radius 2 is 1.85 bits per heavy atom. The summed E-state index contributed by atoms with van der Waals surface area (Å²) in [5.41, 5.74) is 5.78. The van der Waals surface area contributed by atoms with Crippen LogP contribution in [0.5, 0.6) is 5.75 Å². The molecule has 0 radical (unpaired) electrons. The molecule has 0 spiro atoms. The molecular weight excluding hydrogens is 322 g/mol. The minimum atomic E-state index is 0.624. The molecule has 2 heterocycles. The molecule has 0 unspecified atom stereocenters. The predicted molar refractivity (Wildman–Crippen MR) is 104 cm³/mol. The van der Waals surface area contributed by atoms with E-state index in [2.05, 4.69) is 33.6 Å². The molecule has 0 N–H and O–H groups in total. The number of aromatic nitrogens is 2. The number of fused-ring (bicyclic) bond motifs is 1. The Bertz CT molecular complexity index is 1130. The summed E-state index contributed by atoms with van der Waals surface area (Å²) in [7, 11) is 1.66. The first-order chi connectivity index (χ1) is 12.7. The van der Waals surface area contributed by atoms with E-state index in [-0.39, 0.29) is 0 Å². The van der Waals surface area contributed by atoms with Crippen LogP contribution in [0.25, 0.3) is 32.7 Å². The third kappa shape index (κ3) is 2.70. The maximum atomic E-state index is 7.33. The quantitative estimate of drug-likeness (QED) is 0.458. The number of pyridine rings is 1. The molecule has 0 fully saturated rings. The summed E-state index contributed by atoms with van der Waals surface area (Å²) in [6, 6.07) is 17.8. The van der Waals surface area contributed by atoms with Crippen LogP contribution in [0.4, 0.5) is 5.69 Å². The molecule has 0 saturated carbocycles. The van der Waals surface area contributed by atoms with E-state index in [4.69, 9.17) is 11.3 Å². The van der Waals surface area contributed by atoms with Crippen LogP contribution in [0, 0.1) is 13.5 Å². The Morgan fingerprint density at radius 1 is 1.04 bits per heavy atom. The van der Waals surface area contributed by atoms with E-state index in [9.17, 15) is 0 Å². The van der Waals surface area contributed by atoms with Gasteiger partial charge in [0.05, 0.1) is 24.9 Å². The van der Waals surface area contributed by atoms with Gasteiger partial charge in [-0.1, -0.05) is 6.07 Å². The van der Waals surface area contributed by atoms with E-state index < -0.39 is 0 Å². The number of methoxy groups -OCH3 is 1. The second-order valence-electron chi connectivity index (χ2n) is 6.14. The van der Waals surface area contributed by atoms with Gasteiger partial charge in [0, 0.05) is 23.6 Å². The summed E-state index contributed by atoms with van der Waals surface area (Å²) in [5, 5.41) is 1.02. The molecule has 2 aromatic carbocycles. The molecule has 4 rings (SSSR count). The van der Waals surface area contributed by atoms with Crippen molar-refractivity contribution in [1.82, 2.24) is 9.55 Å². The zero-order chi connectivity index (χ0) is 18.1. The van der Waals surface area contributed by atoms with Crippen molar-refractivity contribution in [3.63, 3.8) is 0 Å². The highest BCUT2D eigenvalue weighted by molar-refractivity contribution is 5.98. The van der Waals surface area contributed by atoms with E-state index in [1.165, 1.54) is 0 Å². The maximum absolute atomic E-state index is 7.33. The zero-order valence-corrected chi connectivity index (χ0v) is 14.6. The molecule has 0 saturated heterocycles. The molecule has 2 aromatic heterocycles. The van der Waals surface area contributed by atoms with Gasteiger partial charge in [-0.25, -0.2) is 4.85 Å². The van der Waals surface area contributed by atoms with Crippen molar-refractivity contribution >= 4 is 16.6 Å². The van der Waals surface area contributed by atoms with Crippen molar-refractivity contribution in [2.75, 3.05) is 7.11 Å². The zero-order valence-electron chi connectivity index (χ0n) is 14.6. The second kappa shape index (κ2) is 6.38. The van der Waals surface area contributed by atoms with Crippen LogP contribution in [0.3, 0.4) is 0 Å². The summed E-state index contributed by atoms with van der Waals surface area (Å²) in [5.74, 6) is 0.820. The third-order valence-electron chi connectivity index (χ3n) is 4.46. The number of aryl methyl sites for hydroxylation is 1. The number of ether oxygens (including phenoxy) is 1. The van der Waals surface area contributed by atoms with E-state index in [1.807, 2.05) is 54.7 Å². The van der Waals surface area contributed by atoms with Gasteiger partial charge in [0.2, 0.25) is 0 Å². The van der Waals surface area contributed by atoms with Gasteiger partial charge in [-0.2, -0.15) is 0 Å². The van der Waals surface area contributed by atoms with E-state index in [1.54, 1.807) is 7.11 Å². The van der Waals surface area contributed by atoms with Crippen LogP contribution < -0.4 is 4.74 Å². The lowest BCUT2D eigenvalue weighted by atomic mass is 10.1. The molecule has 4 aromatic rings. The SMILES string of the molecule is [C-]#[N+]c1ccc2c(c1)c(-c1cc(C)ccn1)cn2-c1ccc(OC)cc1. The Morgan fingerprint density at radius 3 is 2.54 bits per heavy atom. The van der Waals surface area contributed by atoms with Crippen molar-refractivity contribution in [1.29, 1.82) is 0 Å². The van der Waals surface area contributed by atoms with Crippen LogP contribution in [0.2, 0.25) is 0 Å². The van der Waals surface area contributed by atoms with Crippen LogP contribution in [0.15, 0.2) is 67.0 Å². The first-order valence-corrected chi connectivity index (χ1v) is 8.29. The molecule has 0 bridgehead atoms. The molecule has 26 heavy (non-hydrogen) atoms. The van der Waals surface area contributed by atoms with E-state index >= 15 is 0 Å². The average molecular weight is 339 g/mol. The number of rotatable bonds is 3. The molecule has 0 aliphatic carbocycles. The van der Waals surface area contributed by atoms with Crippen molar-refractivity contribution < 1.29 is 4.74 Å². The fraction of sp³-hybridized carbons (Fsp3) is 0.0909. The van der Waals surface area contributed by atoms with E-state index in [0.717, 1.165) is 39.2 Å². The summed E-state index contributed by atoms with van der Waals surface area (Å²) < 4.78 is 7.38. The number of hydrogen-bond acceptors (Lipinski definition) is 2. The Kier molecular flexibility index (Phi) is 3.91. The van der Waals surface area contributed by atoms with Crippen LogP contribution in [-0.2, 0) is 0 Å². The number of hydrogen-bond donors (Lipinski definition) is 0. The third-order valence-corrected chi connectivity index (χ3v) is 4.46. The van der Waals surface area contributed by atoms with Gasteiger partial charge in [0.15, 0.2) is 5.69 Å². The summed E-state index contributed by atoms with van der Waals surface area (Å²) in [6.45, 7) is 9.39. The standard InChI is InChI=1S/C22H17N3O/c1-15-10-11-24-21(12-15)20-14-25(17-5-7-18(26-3)8-6-17)22-9-4-16(23-2)13-19(20)22/h4-14H,1,3H3. The minimum Gasteiger partial charge on any atom is -0.497 e. The molecule has 0 atom stereocenters. The second-order valence-corrected chi connectivity index (χ2v) is 6.14. The monoisotopic (exact) mass is 339 g/mol. The lowest BCUT2D eigenvalue weighted by Gasteiger charge is -2.06. The van der Waals surface area contributed by atoms with Gasteiger partial charge in [0.1, 0.15) is 5.75 Å². The van der Waals surface area contributed by atoms with E-state index in [0.29, 0.717) is 5.69 Å². The molecule has 0 amide bonds. The highest BCUT2D eigenvalue weighted by Gasteiger charge is 2.13. The maximum Gasteiger partial charge on any atom is 0.188 e. The fourth-order valence-electron chi connectivity index (χ4n) is 3.13. The highest BCUT2D eigenvalue weighted by Crippen LogP contribution is 2.34. The molecule has 0 aliphatic rings. The number of benzene rings is 2. The van der Waals surface area contributed by atoms with Gasteiger partial charge in [-0.3, -0.25) is 4.98 Å². The van der Waals surface area contributed by atoms with Gasteiger partial charge >= 0.3 is 0 Å². The first kappa shape index (κ1) is 15.9. The first-order valence-electron chi connectivity index (χ1n) is 8.29. The average Bonchev–Trinajstić information content (AvgIpc) is 3.06. The van der Waals surface area contributed by atoms with Gasteiger partial charge in [-0.15, -0.1) is 0 Å². The molecule has 0 aliphatic heterocycles. The van der Waals surface area contributed by atoms with Gasteiger partial charge in [0.25, 0.3) is 0 Å². The summed E-state index contributed by atoms with van der Waals surface area (Å²) in [4.78, 5) is 8.12.